The number of nitrogen functional groups attached to an aromatic ring is 2. The van der Waals surface area contributed by atoms with E-state index in [1.165, 1.54) is 0 Å². The van der Waals surface area contributed by atoms with Crippen LogP contribution in [0.5, 0.6) is 0 Å². The summed E-state index contributed by atoms with van der Waals surface area (Å²) in [5.74, 6) is 0. The van der Waals surface area contributed by atoms with Gasteiger partial charge < -0.3 is 24.2 Å². The van der Waals surface area contributed by atoms with Gasteiger partial charge >= 0.3 is 0 Å². The summed E-state index contributed by atoms with van der Waals surface area (Å²) >= 11 is 0. The van der Waals surface area contributed by atoms with Gasteiger partial charge in [-0.25, -0.2) is 0 Å². The topological polar surface area (TPSA) is 64.1 Å². The van der Waals surface area contributed by atoms with E-state index in [1.54, 1.807) is 0 Å². The van der Waals surface area contributed by atoms with Crippen LogP contribution in [-0.4, -0.2) is 0 Å². The van der Waals surface area contributed by atoms with Crippen molar-refractivity contribution in [2.45, 2.75) is 0 Å². The molecule has 0 saturated heterocycles. The zero-order chi connectivity index (χ0) is 12.7. The molecule has 3 nitrogen and oxygen atoms in total. The Hall–Kier alpha value is -0.0822. The van der Waals surface area contributed by atoms with E-state index in [-0.39, 0.29) is 72.8 Å². The van der Waals surface area contributed by atoms with Gasteiger partial charge in [0, 0.05) is 82.5 Å². The predicted octanol–water partition coefficient (Wildman–Crippen LogP) is 3.37. The molecule has 0 spiro atoms. The Morgan fingerprint density at radius 3 is 1.40 bits per heavy atom. The zero-order valence-corrected chi connectivity index (χ0v) is 17.5. The molecule has 2 rings (SSSR count). The molecule has 2 radical (unpaired) electrons. The molecule has 104 valence electrons. The van der Waals surface area contributed by atoms with Gasteiger partial charge in [-0.05, 0) is 24.3 Å². The van der Waals surface area contributed by atoms with Crippen LogP contribution < -0.4 is 16.8 Å². The molecule has 0 aliphatic heterocycles. The Kier molecular flexibility index (Phi) is 17.3. The van der Waals surface area contributed by atoms with Crippen molar-refractivity contribution in [3.63, 3.8) is 0 Å². The van der Waals surface area contributed by atoms with Gasteiger partial charge in [0.2, 0.25) is 0 Å². The van der Waals surface area contributed by atoms with Gasteiger partial charge in [-0.3, -0.25) is 7.05 Å². The summed E-state index contributed by atoms with van der Waals surface area (Å²) in [6.07, 6.45) is 0. The summed E-state index contributed by atoms with van der Waals surface area (Å²) in [4.78, 5) is 0. The summed E-state index contributed by atoms with van der Waals surface area (Å²) in [7, 11) is 3.49. The third-order valence-corrected chi connectivity index (χ3v) is 2.09. The molecule has 0 amide bonds. The maximum atomic E-state index is 5.43. The number of hydrogen-bond acceptors (Lipinski definition) is 3. The van der Waals surface area contributed by atoms with E-state index in [9.17, 15) is 0 Å². The fourth-order valence-electron chi connectivity index (χ4n) is 1.12. The quantitative estimate of drug-likeness (QED) is 0.490. The second-order valence-corrected chi connectivity index (χ2v) is 3.54. The van der Waals surface area contributed by atoms with Crippen LogP contribution in [0.2, 0.25) is 0 Å². The minimum absolute atomic E-state index is 0. The summed E-state index contributed by atoms with van der Waals surface area (Å²) in [6, 6.07) is 14.8. The average Bonchev–Trinajstić information content (AvgIpc) is 2.35. The Morgan fingerprint density at radius 2 is 1.10 bits per heavy atom. The van der Waals surface area contributed by atoms with E-state index in [0.29, 0.717) is 0 Å². The van der Waals surface area contributed by atoms with E-state index in [4.69, 9.17) is 11.5 Å². The van der Waals surface area contributed by atoms with Crippen molar-refractivity contribution >= 4 is 17.1 Å². The molecule has 2 aromatic rings. The van der Waals surface area contributed by atoms with Crippen LogP contribution in [0.25, 0.3) is 0 Å². The molecule has 5 N–H and O–H groups in total. The molecule has 0 heterocycles. The van der Waals surface area contributed by atoms with Crippen LogP contribution in [0.3, 0.4) is 0 Å². The summed E-state index contributed by atoms with van der Waals surface area (Å²) in [6.45, 7) is 3.71. The standard InChI is InChI=1S/C7H9N2.C7H8N.CH3.2Y/c1-9-7-4-2-6(8)3-5-7;1-6-2-4-7(8)5-3-6;;;/h2-5,9H,1,8H2;2-5H,1,8H2;1H3;;/q3*-1;;. The van der Waals surface area contributed by atoms with Crippen molar-refractivity contribution in [1.29, 1.82) is 0 Å². The van der Waals surface area contributed by atoms with E-state index in [0.717, 1.165) is 22.6 Å². The van der Waals surface area contributed by atoms with Crippen LogP contribution >= 0.6 is 0 Å². The van der Waals surface area contributed by atoms with Crippen LogP contribution in [-0.2, 0) is 65.4 Å². The summed E-state index contributed by atoms with van der Waals surface area (Å²) in [5.41, 5.74) is 14.4. The van der Waals surface area contributed by atoms with Crippen LogP contribution in [0.4, 0.5) is 17.1 Å². The second-order valence-electron chi connectivity index (χ2n) is 3.54. The molecule has 0 aromatic heterocycles. The summed E-state index contributed by atoms with van der Waals surface area (Å²) < 4.78 is 0. The molecule has 20 heavy (non-hydrogen) atoms. The fourth-order valence-corrected chi connectivity index (χ4v) is 1.12. The largest absolute Gasteiger partial charge is 0.538 e. The van der Waals surface area contributed by atoms with Crippen molar-refractivity contribution < 1.29 is 65.4 Å². The third kappa shape index (κ3) is 10.7. The smallest absolute Gasteiger partial charge is 0.0315 e. The molecule has 0 aliphatic carbocycles. The van der Waals surface area contributed by atoms with E-state index < -0.39 is 0 Å². The van der Waals surface area contributed by atoms with Crippen molar-refractivity contribution in [3.8, 4) is 0 Å². The van der Waals surface area contributed by atoms with Crippen molar-refractivity contribution in [1.82, 2.24) is 0 Å². The Labute approximate surface area is 173 Å². The maximum Gasteiger partial charge on any atom is 0.0315 e. The molecule has 0 fully saturated rings. The first-order valence-corrected chi connectivity index (χ1v) is 5.18. The van der Waals surface area contributed by atoms with Gasteiger partial charge in [-0.1, -0.05) is 12.1 Å². The average molecular weight is 420 g/mol. The van der Waals surface area contributed by atoms with Crippen LogP contribution in [0.15, 0.2) is 48.5 Å². The molecule has 2 aromatic carbocycles. The van der Waals surface area contributed by atoms with Gasteiger partial charge in [0.1, 0.15) is 0 Å². The Morgan fingerprint density at radius 1 is 0.750 bits per heavy atom. The van der Waals surface area contributed by atoms with Crippen molar-refractivity contribution in [2.75, 3.05) is 16.8 Å². The monoisotopic (exact) mass is 420 g/mol. The number of hydrogen-bond donors (Lipinski definition) is 3. The van der Waals surface area contributed by atoms with E-state index >= 15 is 0 Å². The molecule has 0 bridgehead atoms. The first-order chi connectivity index (χ1) is 8.11. The Bertz CT molecular complexity index is 421. The van der Waals surface area contributed by atoms with Gasteiger partial charge in [-0.15, -0.1) is 0 Å². The molecule has 0 saturated carbocycles. The first kappa shape index (κ1) is 24.9. The van der Waals surface area contributed by atoms with Crippen molar-refractivity contribution in [3.05, 3.63) is 75.5 Å². The number of benzene rings is 2. The van der Waals surface area contributed by atoms with E-state index in [2.05, 4.69) is 19.3 Å². The Balaban J connectivity index is -0.000000252. The van der Waals surface area contributed by atoms with Crippen LogP contribution in [0, 0.1) is 21.4 Å². The second kappa shape index (κ2) is 13.9. The number of nitrogens with one attached hydrogen (secondary N) is 1. The molecule has 0 unspecified atom stereocenters. The molecular formula is C15H20N3Y2-3. The van der Waals surface area contributed by atoms with E-state index in [1.807, 2.05) is 48.5 Å². The van der Waals surface area contributed by atoms with Gasteiger partial charge in [-0.2, -0.15) is 24.6 Å². The van der Waals surface area contributed by atoms with Crippen molar-refractivity contribution in [2.24, 2.45) is 0 Å². The first-order valence-electron chi connectivity index (χ1n) is 5.18. The predicted molar refractivity (Wildman–Crippen MR) is 81.6 cm³/mol. The number of rotatable bonds is 1. The minimum atomic E-state index is 0. The maximum absolute atomic E-state index is 5.43. The fraction of sp³-hybridized carbons (Fsp3) is 0. The van der Waals surface area contributed by atoms with Gasteiger partial charge in [0.15, 0.2) is 0 Å². The third-order valence-electron chi connectivity index (χ3n) is 2.09. The summed E-state index contributed by atoms with van der Waals surface area (Å²) in [5, 5.41) is 2.75. The molecular weight excluding hydrogens is 400 g/mol. The molecule has 0 aliphatic rings. The van der Waals surface area contributed by atoms with Crippen LogP contribution in [0.1, 0.15) is 5.56 Å². The zero-order valence-electron chi connectivity index (χ0n) is 11.8. The molecule has 5 heteroatoms. The number of nitrogens with two attached hydrogens (primary N) is 2. The molecule has 0 atom stereocenters. The van der Waals surface area contributed by atoms with Gasteiger partial charge in [0.25, 0.3) is 0 Å². The van der Waals surface area contributed by atoms with Gasteiger partial charge in [0.05, 0.1) is 0 Å². The minimum Gasteiger partial charge on any atom is -0.538 e. The normalized spacial score (nSPS) is 7.65. The number of anilines is 3. The SMILES string of the molecule is [CH2-]Nc1ccc(N)cc1.[CH2-]c1ccc(N)cc1.[CH3-].[Y].[Y].